The fourth-order valence-corrected chi connectivity index (χ4v) is 1.56. The minimum Gasteiger partial charge on any atom is -0.398 e. The van der Waals surface area contributed by atoms with E-state index in [4.69, 9.17) is 5.73 Å². The van der Waals surface area contributed by atoms with Gasteiger partial charge < -0.3 is 5.73 Å². The zero-order valence-electron chi connectivity index (χ0n) is 10.1. The number of benzene rings is 1. The van der Waals surface area contributed by atoms with Crippen LogP contribution in [0.5, 0.6) is 0 Å². The van der Waals surface area contributed by atoms with Crippen molar-refractivity contribution in [3.8, 4) is 0 Å². The Morgan fingerprint density at radius 3 is 2.20 bits per heavy atom. The molecule has 0 fully saturated rings. The molecule has 0 atom stereocenters. The first-order valence-corrected chi connectivity index (χ1v) is 5.57. The van der Waals surface area contributed by atoms with Crippen LogP contribution in [0.15, 0.2) is 18.2 Å². The third-order valence-electron chi connectivity index (χ3n) is 2.55. The Kier molecular flexibility index (Phi) is 4.67. The average Bonchev–Trinajstić information content (AvgIpc) is 2.25. The molecule has 0 aromatic heterocycles. The Morgan fingerprint density at radius 1 is 1.10 bits per heavy atom. The second kappa shape index (κ2) is 5.72. The highest BCUT2D eigenvalue weighted by Crippen LogP contribution is 2.32. The number of rotatable bonds is 4. The van der Waals surface area contributed by atoms with Crippen LogP contribution in [0.25, 0.3) is 0 Å². The first-order chi connectivity index (χ1) is 9.00. The van der Waals surface area contributed by atoms with Crippen molar-refractivity contribution in [1.29, 1.82) is 0 Å². The second-order valence-electron chi connectivity index (χ2n) is 4.19. The normalized spacial score (nSPS) is 12.5. The molecule has 8 heteroatoms. The first-order valence-electron chi connectivity index (χ1n) is 5.57. The predicted molar refractivity (Wildman–Crippen MR) is 60.1 cm³/mol. The van der Waals surface area contributed by atoms with Crippen LogP contribution in [0.2, 0.25) is 0 Å². The Labute approximate surface area is 110 Å². The van der Waals surface area contributed by atoms with Gasteiger partial charge in [-0.1, -0.05) is 0 Å². The fraction of sp³-hybridized carbons (Fsp3) is 0.417. The number of carbonyl (C=O) groups excluding carboxylic acids is 1. The Hall–Kier alpha value is -1.73. The molecule has 112 valence electrons. The summed E-state index contributed by atoms with van der Waals surface area (Å²) in [6.07, 6.45) is -11.2. The van der Waals surface area contributed by atoms with Crippen LogP contribution in [-0.2, 0) is 6.18 Å². The molecule has 0 saturated carbocycles. The predicted octanol–water partition coefficient (Wildman–Crippen LogP) is 4.20. The molecular weight excluding hydrogens is 288 g/mol. The maximum Gasteiger partial charge on any atom is 0.416 e. The number of nitrogen functional groups attached to an aromatic ring is 1. The van der Waals surface area contributed by atoms with Crippen LogP contribution < -0.4 is 5.73 Å². The largest absolute Gasteiger partial charge is 0.416 e. The smallest absolute Gasteiger partial charge is 0.398 e. The quantitative estimate of drug-likeness (QED) is 0.514. The standard InChI is InChI=1S/C12H11F6NO/c13-11(14,15)5-1-2-10(20)8-6-7(12(16,17)18)3-4-9(8)19/h3-4,6H,1-2,5,19H2. The molecule has 0 heterocycles. The molecule has 0 aliphatic rings. The number of hydrogen-bond acceptors (Lipinski definition) is 2. The lowest BCUT2D eigenvalue weighted by molar-refractivity contribution is -0.137. The van der Waals surface area contributed by atoms with Crippen LogP contribution in [-0.4, -0.2) is 12.0 Å². The lowest BCUT2D eigenvalue weighted by Crippen LogP contribution is -2.11. The van der Waals surface area contributed by atoms with Gasteiger partial charge in [-0.05, 0) is 24.6 Å². The summed E-state index contributed by atoms with van der Waals surface area (Å²) >= 11 is 0. The Bertz CT molecular complexity index is 492. The summed E-state index contributed by atoms with van der Waals surface area (Å²) in [6, 6.07) is 2.19. The number of anilines is 1. The van der Waals surface area contributed by atoms with Crippen molar-refractivity contribution in [2.45, 2.75) is 31.6 Å². The third-order valence-corrected chi connectivity index (χ3v) is 2.55. The molecule has 1 aromatic rings. The monoisotopic (exact) mass is 299 g/mol. The lowest BCUT2D eigenvalue weighted by Gasteiger charge is -2.11. The molecule has 0 amide bonds. The van der Waals surface area contributed by atoms with E-state index in [0.29, 0.717) is 12.1 Å². The summed E-state index contributed by atoms with van der Waals surface area (Å²) in [7, 11) is 0. The summed E-state index contributed by atoms with van der Waals surface area (Å²) < 4.78 is 73.2. The molecular formula is C12H11F6NO. The Balaban J connectivity index is 2.82. The van der Waals surface area contributed by atoms with Gasteiger partial charge in [0.25, 0.3) is 0 Å². The Morgan fingerprint density at radius 2 is 1.70 bits per heavy atom. The van der Waals surface area contributed by atoms with Gasteiger partial charge in [-0.15, -0.1) is 0 Å². The zero-order chi connectivity index (χ0) is 15.6. The number of carbonyl (C=O) groups is 1. The van der Waals surface area contributed by atoms with Gasteiger partial charge in [0.05, 0.1) is 5.56 Å². The summed E-state index contributed by atoms with van der Waals surface area (Å²) in [4.78, 5) is 11.6. The SMILES string of the molecule is Nc1ccc(C(F)(F)F)cc1C(=O)CCCC(F)(F)F. The van der Waals surface area contributed by atoms with Crippen LogP contribution in [0.4, 0.5) is 32.0 Å². The molecule has 0 spiro atoms. The third kappa shape index (κ3) is 4.75. The van der Waals surface area contributed by atoms with Gasteiger partial charge in [0, 0.05) is 24.1 Å². The minimum atomic E-state index is -4.64. The fourth-order valence-electron chi connectivity index (χ4n) is 1.56. The number of nitrogens with two attached hydrogens (primary N) is 1. The van der Waals surface area contributed by atoms with Crippen LogP contribution in [0.3, 0.4) is 0 Å². The topological polar surface area (TPSA) is 43.1 Å². The van der Waals surface area contributed by atoms with Crippen LogP contribution >= 0.6 is 0 Å². The molecule has 0 aliphatic carbocycles. The molecule has 0 bridgehead atoms. The van der Waals surface area contributed by atoms with Crippen molar-refractivity contribution < 1.29 is 31.1 Å². The summed E-state index contributed by atoms with van der Waals surface area (Å²) in [6.45, 7) is 0. The van der Waals surface area contributed by atoms with Crippen molar-refractivity contribution in [2.24, 2.45) is 0 Å². The van der Waals surface area contributed by atoms with Crippen molar-refractivity contribution >= 4 is 11.5 Å². The highest BCUT2D eigenvalue weighted by Gasteiger charge is 2.32. The van der Waals surface area contributed by atoms with E-state index in [1.807, 2.05) is 0 Å². The molecule has 2 nitrogen and oxygen atoms in total. The van der Waals surface area contributed by atoms with Crippen molar-refractivity contribution in [3.05, 3.63) is 29.3 Å². The van der Waals surface area contributed by atoms with Gasteiger partial charge in [0.15, 0.2) is 5.78 Å². The molecule has 0 radical (unpaired) electrons. The number of Topliss-reactive ketones (excluding diaryl/α,β-unsaturated/α-hetero) is 1. The minimum absolute atomic E-state index is 0.185. The van der Waals surface area contributed by atoms with Gasteiger partial charge in [-0.2, -0.15) is 26.3 Å². The average molecular weight is 299 g/mol. The van der Waals surface area contributed by atoms with Crippen molar-refractivity contribution in [3.63, 3.8) is 0 Å². The highest BCUT2D eigenvalue weighted by atomic mass is 19.4. The van der Waals surface area contributed by atoms with Crippen molar-refractivity contribution in [1.82, 2.24) is 0 Å². The van der Waals surface area contributed by atoms with Gasteiger partial charge in [-0.3, -0.25) is 4.79 Å². The molecule has 1 aromatic carbocycles. The summed E-state index contributed by atoms with van der Waals surface area (Å²) in [5, 5.41) is 0. The highest BCUT2D eigenvalue weighted by molar-refractivity contribution is 6.00. The van der Waals surface area contributed by atoms with E-state index >= 15 is 0 Å². The van der Waals surface area contributed by atoms with E-state index in [2.05, 4.69) is 0 Å². The van der Waals surface area contributed by atoms with E-state index in [0.717, 1.165) is 6.07 Å². The first kappa shape index (κ1) is 16.3. The van der Waals surface area contributed by atoms with Gasteiger partial charge in [-0.25, -0.2) is 0 Å². The maximum absolute atomic E-state index is 12.5. The van der Waals surface area contributed by atoms with Crippen molar-refractivity contribution in [2.75, 3.05) is 5.73 Å². The molecule has 20 heavy (non-hydrogen) atoms. The van der Waals surface area contributed by atoms with Gasteiger partial charge in [0.1, 0.15) is 0 Å². The van der Waals surface area contributed by atoms with E-state index in [-0.39, 0.29) is 5.69 Å². The molecule has 0 unspecified atom stereocenters. The number of alkyl halides is 6. The summed E-state index contributed by atoms with van der Waals surface area (Å²) in [5.41, 5.74) is 3.73. The second-order valence-corrected chi connectivity index (χ2v) is 4.19. The van der Waals surface area contributed by atoms with Gasteiger partial charge in [0.2, 0.25) is 0 Å². The molecule has 2 N–H and O–H groups in total. The van der Waals surface area contributed by atoms with E-state index in [1.54, 1.807) is 0 Å². The zero-order valence-corrected chi connectivity index (χ0v) is 10.1. The molecule has 1 rings (SSSR count). The maximum atomic E-state index is 12.5. The van der Waals surface area contributed by atoms with E-state index in [9.17, 15) is 31.1 Å². The molecule has 0 aliphatic heterocycles. The number of hydrogen-bond donors (Lipinski definition) is 1. The number of ketones is 1. The molecule has 0 saturated heterocycles. The van der Waals surface area contributed by atoms with Crippen LogP contribution in [0.1, 0.15) is 35.2 Å². The summed E-state index contributed by atoms with van der Waals surface area (Å²) in [5.74, 6) is -0.835. The number of halogens is 6. The lowest BCUT2D eigenvalue weighted by atomic mass is 10.0. The van der Waals surface area contributed by atoms with Crippen LogP contribution in [0, 0.1) is 0 Å². The van der Waals surface area contributed by atoms with E-state index < -0.39 is 48.5 Å². The van der Waals surface area contributed by atoms with Gasteiger partial charge >= 0.3 is 12.4 Å². The van der Waals surface area contributed by atoms with E-state index in [1.165, 1.54) is 0 Å².